The van der Waals surface area contributed by atoms with Crippen LogP contribution in [0.1, 0.15) is 44.1 Å². The van der Waals surface area contributed by atoms with Gasteiger partial charge in [-0.2, -0.15) is 0 Å². The molecule has 1 spiro atoms. The lowest BCUT2D eigenvalue weighted by molar-refractivity contribution is -0.139. The average Bonchev–Trinajstić information content (AvgIpc) is 3.73. The number of aliphatic imine (C=N–C) groups is 1. The van der Waals surface area contributed by atoms with Gasteiger partial charge >= 0.3 is 0 Å². The van der Waals surface area contributed by atoms with E-state index in [0.29, 0.717) is 55.1 Å². The van der Waals surface area contributed by atoms with E-state index >= 15 is 4.39 Å². The molecule has 3 aliphatic carbocycles. The van der Waals surface area contributed by atoms with E-state index in [2.05, 4.69) is 5.32 Å². The fourth-order valence-corrected chi connectivity index (χ4v) is 5.43. The van der Waals surface area contributed by atoms with E-state index in [9.17, 15) is 14.4 Å². The summed E-state index contributed by atoms with van der Waals surface area (Å²) in [5, 5.41) is 2.94. The quantitative estimate of drug-likeness (QED) is 0.627. The van der Waals surface area contributed by atoms with E-state index in [-0.39, 0.29) is 35.5 Å². The molecule has 4 fully saturated rings. The molecule has 3 amide bonds. The van der Waals surface area contributed by atoms with Crippen molar-refractivity contribution in [2.24, 2.45) is 22.7 Å². The van der Waals surface area contributed by atoms with Crippen molar-refractivity contribution < 1.29 is 18.8 Å². The van der Waals surface area contributed by atoms with Crippen LogP contribution in [0.4, 0.5) is 10.1 Å². The Morgan fingerprint density at radius 3 is 2.41 bits per heavy atom. The SMILES string of the molecule is O=C(Nc1cccc(-c2ccc(C3=NC4(CC4)C(=O)N3CC3CN(C(=O)C4CC4)C3)c(F)c2)c1)C1CC1. The lowest BCUT2D eigenvalue weighted by Gasteiger charge is -2.41. The van der Waals surface area contributed by atoms with Crippen molar-refractivity contribution >= 4 is 29.2 Å². The van der Waals surface area contributed by atoms with E-state index in [0.717, 1.165) is 31.2 Å². The fraction of sp³-hybridized carbons (Fsp3) is 0.448. The minimum absolute atomic E-state index is 0.0307. The predicted octanol–water partition coefficient (Wildman–Crippen LogP) is 3.83. The molecule has 0 radical (unpaired) electrons. The van der Waals surface area contributed by atoms with E-state index in [1.807, 2.05) is 35.2 Å². The van der Waals surface area contributed by atoms with Gasteiger partial charge in [0.2, 0.25) is 11.8 Å². The first kappa shape index (κ1) is 22.6. The lowest BCUT2D eigenvalue weighted by Crippen LogP contribution is -2.55. The van der Waals surface area contributed by atoms with Crippen LogP contribution in [0.3, 0.4) is 0 Å². The highest BCUT2D eigenvalue weighted by Crippen LogP contribution is 2.46. The zero-order valence-corrected chi connectivity index (χ0v) is 20.6. The van der Waals surface area contributed by atoms with Gasteiger partial charge in [-0.15, -0.1) is 0 Å². The van der Waals surface area contributed by atoms with E-state index < -0.39 is 11.4 Å². The standard InChI is InChI=1S/C29H29FN4O3/c30-24-13-21(20-2-1-3-22(12-20)31-26(35)18-4-5-18)8-9-23(24)25-32-29(10-11-29)28(37)34(25)16-17-14-33(15-17)27(36)19-6-7-19/h1-3,8-9,12-13,17-19H,4-7,10-11,14-16H2,(H,31,35). The van der Waals surface area contributed by atoms with Crippen LogP contribution in [0.2, 0.25) is 0 Å². The Kier molecular flexibility index (Phi) is 5.03. The van der Waals surface area contributed by atoms with Gasteiger partial charge in [0.25, 0.3) is 5.91 Å². The van der Waals surface area contributed by atoms with Crippen molar-refractivity contribution in [1.29, 1.82) is 0 Å². The number of carbonyl (C=O) groups excluding carboxylic acids is 3. The van der Waals surface area contributed by atoms with E-state index in [4.69, 9.17) is 4.99 Å². The molecule has 37 heavy (non-hydrogen) atoms. The number of nitrogens with zero attached hydrogens (tertiary/aromatic N) is 3. The molecule has 0 unspecified atom stereocenters. The molecular formula is C29H29FN4O3. The number of likely N-dealkylation sites (tertiary alicyclic amines) is 1. The largest absolute Gasteiger partial charge is 0.342 e. The number of rotatable bonds is 7. The molecule has 3 saturated carbocycles. The number of hydrogen-bond acceptors (Lipinski definition) is 4. The van der Waals surface area contributed by atoms with Crippen LogP contribution in [0.15, 0.2) is 47.5 Å². The molecule has 2 aromatic rings. The third-order valence-electron chi connectivity index (χ3n) is 8.20. The zero-order valence-electron chi connectivity index (χ0n) is 20.6. The van der Waals surface area contributed by atoms with Crippen molar-refractivity contribution in [1.82, 2.24) is 9.80 Å². The molecule has 1 saturated heterocycles. The maximum atomic E-state index is 15.5. The monoisotopic (exact) mass is 500 g/mol. The molecule has 2 aliphatic heterocycles. The number of amidine groups is 1. The van der Waals surface area contributed by atoms with E-state index in [1.165, 1.54) is 6.07 Å². The first-order valence-corrected chi connectivity index (χ1v) is 13.3. The number of nitrogens with one attached hydrogen (secondary N) is 1. The Balaban J connectivity index is 1.10. The van der Waals surface area contributed by atoms with Crippen LogP contribution in [-0.4, -0.2) is 58.5 Å². The Bertz CT molecular complexity index is 1350. The van der Waals surface area contributed by atoms with Gasteiger partial charge in [-0.3, -0.25) is 24.3 Å². The molecule has 2 heterocycles. The first-order valence-electron chi connectivity index (χ1n) is 13.3. The molecule has 2 aromatic carbocycles. The summed E-state index contributed by atoms with van der Waals surface area (Å²) >= 11 is 0. The lowest BCUT2D eigenvalue weighted by atomic mass is 9.97. The van der Waals surface area contributed by atoms with E-state index in [1.54, 1.807) is 11.0 Å². The molecular weight excluding hydrogens is 471 g/mol. The van der Waals surface area contributed by atoms with Gasteiger partial charge < -0.3 is 10.2 Å². The van der Waals surface area contributed by atoms with Crippen molar-refractivity contribution in [2.45, 2.75) is 44.1 Å². The Morgan fingerprint density at radius 2 is 1.73 bits per heavy atom. The maximum Gasteiger partial charge on any atom is 0.256 e. The third kappa shape index (κ3) is 4.12. The van der Waals surface area contributed by atoms with Crippen LogP contribution < -0.4 is 5.32 Å². The topological polar surface area (TPSA) is 82.1 Å². The maximum absolute atomic E-state index is 15.5. The summed E-state index contributed by atoms with van der Waals surface area (Å²) in [4.78, 5) is 45.9. The Morgan fingerprint density at radius 1 is 1.00 bits per heavy atom. The highest BCUT2D eigenvalue weighted by atomic mass is 19.1. The zero-order chi connectivity index (χ0) is 25.3. The second kappa shape index (κ2) is 8.23. The summed E-state index contributed by atoms with van der Waals surface area (Å²) in [6, 6.07) is 12.4. The smallest absolute Gasteiger partial charge is 0.256 e. The molecule has 0 atom stereocenters. The number of hydrogen-bond donors (Lipinski definition) is 1. The summed E-state index contributed by atoms with van der Waals surface area (Å²) in [5.41, 5.74) is 1.79. The number of amides is 3. The molecule has 7 rings (SSSR count). The summed E-state index contributed by atoms with van der Waals surface area (Å²) in [7, 11) is 0. The summed E-state index contributed by atoms with van der Waals surface area (Å²) in [6.07, 6.45) is 5.22. The van der Waals surface area contributed by atoms with Gasteiger partial charge in [-0.25, -0.2) is 4.39 Å². The van der Waals surface area contributed by atoms with Crippen molar-refractivity contribution in [3.63, 3.8) is 0 Å². The van der Waals surface area contributed by atoms with Crippen molar-refractivity contribution in [3.8, 4) is 11.1 Å². The molecule has 190 valence electrons. The van der Waals surface area contributed by atoms with Gasteiger partial charge in [0.15, 0.2) is 0 Å². The normalized spacial score (nSPS) is 22.2. The second-order valence-corrected chi connectivity index (χ2v) is 11.3. The van der Waals surface area contributed by atoms with Crippen LogP contribution in [-0.2, 0) is 14.4 Å². The fourth-order valence-electron chi connectivity index (χ4n) is 5.43. The highest BCUT2D eigenvalue weighted by molar-refractivity contribution is 6.16. The number of anilines is 1. The molecule has 8 heteroatoms. The summed E-state index contributed by atoms with van der Waals surface area (Å²) in [5.74, 6) is 0.678. The van der Waals surface area contributed by atoms with Gasteiger partial charge in [-0.1, -0.05) is 18.2 Å². The summed E-state index contributed by atoms with van der Waals surface area (Å²) in [6.45, 7) is 1.75. The van der Waals surface area contributed by atoms with Crippen LogP contribution in [0.25, 0.3) is 11.1 Å². The minimum atomic E-state index is -0.720. The van der Waals surface area contributed by atoms with Gasteiger partial charge in [0.05, 0.1) is 5.56 Å². The molecule has 7 nitrogen and oxygen atoms in total. The second-order valence-electron chi connectivity index (χ2n) is 11.3. The van der Waals surface area contributed by atoms with Crippen molar-refractivity contribution in [2.75, 3.05) is 25.0 Å². The van der Waals surface area contributed by atoms with Gasteiger partial charge in [0.1, 0.15) is 17.2 Å². The predicted molar refractivity (Wildman–Crippen MR) is 136 cm³/mol. The van der Waals surface area contributed by atoms with Gasteiger partial charge in [0, 0.05) is 43.1 Å². The number of halogens is 1. The minimum Gasteiger partial charge on any atom is -0.342 e. The van der Waals surface area contributed by atoms with Crippen LogP contribution in [0, 0.1) is 23.6 Å². The number of benzene rings is 2. The molecule has 1 N–H and O–H groups in total. The number of carbonyl (C=O) groups is 3. The Hall–Kier alpha value is -3.55. The molecule has 0 bridgehead atoms. The van der Waals surface area contributed by atoms with Crippen LogP contribution >= 0.6 is 0 Å². The highest BCUT2D eigenvalue weighted by Gasteiger charge is 2.58. The Labute approximate surface area is 214 Å². The molecule has 0 aromatic heterocycles. The van der Waals surface area contributed by atoms with Gasteiger partial charge in [-0.05, 0) is 73.9 Å². The third-order valence-corrected chi connectivity index (χ3v) is 8.20. The average molecular weight is 501 g/mol. The summed E-state index contributed by atoms with van der Waals surface area (Å²) < 4.78 is 15.5. The first-order chi connectivity index (χ1) is 17.9. The van der Waals surface area contributed by atoms with Crippen molar-refractivity contribution in [3.05, 3.63) is 53.8 Å². The molecule has 5 aliphatic rings. The van der Waals surface area contributed by atoms with Crippen LogP contribution in [0.5, 0.6) is 0 Å².